The number of aromatic nitrogens is 3. The van der Waals surface area contributed by atoms with E-state index in [0.717, 1.165) is 23.0 Å². The Morgan fingerprint density at radius 1 is 0.707 bits per heavy atom. The summed E-state index contributed by atoms with van der Waals surface area (Å²) in [7, 11) is -7.16. The molecule has 0 radical (unpaired) electrons. The van der Waals surface area contributed by atoms with Crippen molar-refractivity contribution in [2.75, 3.05) is 10.6 Å². The number of carbonyl (C=O) groups excluding carboxylic acids is 2. The highest BCUT2D eigenvalue weighted by Crippen LogP contribution is 2.39. The Hall–Kier alpha value is -5.63. The summed E-state index contributed by atoms with van der Waals surface area (Å²) in [6.07, 6.45) is -0.665. The van der Waals surface area contributed by atoms with E-state index in [1.165, 1.54) is 19.2 Å². The molecule has 0 fully saturated rings. The molecule has 0 saturated carbocycles. The Morgan fingerprint density at radius 3 is 1.64 bits per heavy atom. The molecule has 0 bridgehead atoms. The highest BCUT2D eigenvalue weighted by atomic mass is 35.5. The van der Waals surface area contributed by atoms with Crippen LogP contribution in [0, 0.1) is 0 Å². The summed E-state index contributed by atoms with van der Waals surface area (Å²) in [4.78, 5) is 27.9. The summed E-state index contributed by atoms with van der Waals surface area (Å²) < 4.78 is 89.2. The van der Waals surface area contributed by atoms with E-state index in [1.54, 1.807) is 85.2 Å². The molecule has 0 spiro atoms. The molecule has 58 heavy (non-hydrogen) atoms. The molecular formula is C38H32Cl2F3N7O6S2. The summed E-state index contributed by atoms with van der Waals surface area (Å²) in [5, 5.41) is 20.0. The fourth-order valence-corrected chi connectivity index (χ4v) is 7.55. The van der Waals surface area contributed by atoms with Crippen LogP contribution < -0.4 is 20.9 Å². The minimum Gasteiger partial charge on any atom is -0.326 e. The number of nitrogens with zero attached hydrogens (tertiary/aromatic N) is 3. The van der Waals surface area contributed by atoms with Gasteiger partial charge in [0.1, 0.15) is 0 Å². The molecule has 6 N–H and O–H groups in total. The Bertz CT molecular complexity index is 2720. The molecule has 0 saturated heterocycles. The Balaban J connectivity index is 0.000000223. The zero-order valence-corrected chi connectivity index (χ0v) is 33.2. The van der Waals surface area contributed by atoms with Gasteiger partial charge in [0, 0.05) is 69.3 Å². The Labute approximate surface area is 340 Å². The van der Waals surface area contributed by atoms with Gasteiger partial charge in [-0.05, 0) is 53.6 Å². The maximum Gasteiger partial charge on any atom is 0.435 e. The first-order valence-electron chi connectivity index (χ1n) is 16.6. The fourth-order valence-electron chi connectivity index (χ4n) is 5.59. The number of amides is 2. The molecule has 0 aliphatic carbocycles. The van der Waals surface area contributed by atoms with Crippen molar-refractivity contribution in [3.63, 3.8) is 0 Å². The minimum atomic E-state index is -4.81. The van der Waals surface area contributed by atoms with Crippen LogP contribution in [0.1, 0.15) is 16.8 Å². The number of hydrogen-bond donors (Lipinski definition) is 4. The lowest BCUT2D eigenvalue weighted by Crippen LogP contribution is -2.17. The van der Waals surface area contributed by atoms with Crippen molar-refractivity contribution in [2.45, 2.75) is 28.8 Å². The smallest absolute Gasteiger partial charge is 0.326 e. The van der Waals surface area contributed by atoms with Gasteiger partial charge < -0.3 is 10.6 Å². The van der Waals surface area contributed by atoms with Gasteiger partial charge in [-0.1, -0.05) is 77.8 Å². The van der Waals surface area contributed by atoms with E-state index >= 15 is 0 Å². The number of rotatable bonds is 10. The van der Waals surface area contributed by atoms with Gasteiger partial charge in [-0.2, -0.15) is 18.3 Å². The number of alkyl halides is 3. The van der Waals surface area contributed by atoms with Gasteiger partial charge in [-0.3, -0.25) is 19.3 Å². The zero-order valence-electron chi connectivity index (χ0n) is 30.0. The van der Waals surface area contributed by atoms with Crippen LogP contribution in [0.3, 0.4) is 0 Å². The molecule has 2 aromatic heterocycles. The van der Waals surface area contributed by atoms with Crippen LogP contribution in [0.2, 0.25) is 10.0 Å². The molecule has 13 nitrogen and oxygen atoms in total. The van der Waals surface area contributed by atoms with Crippen LogP contribution in [0.4, 0.5) is 24.5 Å². The normalized spacial score (nSPS) is 11.7. The monoisotopic (exact) mass is 873 g/mol. The summed E-state index contributed by atoms with van der Waals surface area (Å²) in [5.41, 5.74) is 0.622. The molecule has 6 aromatic rings. The number of carbonyl (C=O) groups is 2. The standard InChI is InChI=1S/C19H16ClF3N4O3S.C19H16ClN3O3S/c1-27-10-14(18(26-27)19(21,22)23)13-7-6-12(9-16(13)31(24,29)30)25-17(28)8-11-4-2-3-5-15(11)20;20-17-6-2-1-4-13(17)10-19(24)23-15-7-8-16(14-5-3-9-22-12-14)18(11-15)27(21,25)26/h2-7,9-10H,8H2,1H3,(H,25,28)(H2,24,29,30);1-9,11-12H,10H2,(H,23,24)(H2,21,25,26). The van der Waals surface area contributed by atoms with Crippen molar-refractivity contribution in [1.29, 1.82) is 0 Å². The van der Waals surface area contributed by atoms with Gasteiger partial charge in [0.25, 0.3) is 0 Å². The first-order chi connectivity index (χ1) is 27.2. The first kappa shape index (κ1) is 43.5. The first-order valence-corrected chi connectivity index (χ1v) is 20.5. The molecule has 0 unspecified atom stereocenters. The summed E-state index contributed by atoms with van der Waals surface area (Å²) in [6.45, 7) is 0. The van der Waals surface area contributed by atoms with Crippen molar-refractivity contribution >= 4 is 66.4 Å². The Morgan fingerprint density at radius 2 is 1.19 bits per heavy atom. The van der Waals surface area contributed by atoms with E-state index in [9.17, 15) is 39.6 Å². The van der Waals surface area contributed by atoms with Gasteiger partial charge in [0.2, 0.25) is 31.9 Å². The molecule has 0 aliphatic rings. The third-order valence-corrected chi connectivity index (χ3v) is 10.8. The largest absolute Gasteiger partial charge is 0.435 e. The average Bonchev–Trinajstić information content (AvgIpc) is 3.56. The number of nitrogens with two attached hydrogens (primary N) is 2. The van der Waals surface area contributed by atoms with Crippen LogP contribution in [-0.4, -0.2) is 43.4 Å². The highest BCUT2D eigenvalue weighted by Gasteiger charge is 2.38. The van der Waals surface area contributed by atoms with Gasteiger partial charge in [-0.15, -0.1) is 0 Å². The van der Waals surface area contributed by atoms with E-state index in [0.29, 0.717) is 38.0 Å². The zero-order chi connectivity index (χ0) is 42.4. The lowest BCUT2D eigenvalue weighted by molar-refractivity contribution is -0.141. The van der Waals surface area contributed by atoms with Crippen LogP contribution in [0.5, 0.6) is 0 Å². The molecule has 0 atom stereocenters. The lowest BCUT2D eigenvalue weighted by atomic mass is 10.1. The fraction of sp³-hybridized carbons (Fsp3) is 0.105. The highest BCUT2D eigenvalue weighted by molar-refractivity contribution is 7.89. The molecule has 20 heteroatoms. The topological polar surface area (TPSA) is 209 Å². The number of benzene rings is 4. The number of aryl methyl sites for hydroxylation is 1. The number of hydrogen-bond acceptors (Lipinski definition) is 8. The number of halogens is 5. The molecular weight excluding hydrogens is 842 g/mol. The molecule has 6 rings (SSSR count). The van der Waals surface area contributed by atoms with Gasteiger partial charge in [-0.25, -0.2) is 27.1 Å². The summed E-state index contributed by atoms with van der Waals surface area (Å²) in [5.74, 6) is -0.823. The van der Waals surface area contributed by atoms with Gasteiger partial charge >= 0.3 is 6.18 Å². The quantitative estimate of drug-likeness (QED) is 0.115. The summed E-state index contributed by atoms with van der Waals surface area (Å²) in [6, 6.07) is 25.1. The number of anilines is 2. The van der Waals surface area contributed by atoms with Crippen molar-refractivity contribution < 1.29 is 39.6 Å². The van der Waals surface area contributed by atoms with Crippen LogP contribution in [0.25, 0.3) is 22.3 Å². The van der Waals surface area contributed by atoms with Crippen LogP contribution in [-0.2, 0) is 55.7 Å². The van der Waals surface area contributed by atoms with Crippen LogP contribution >= 0.6 is 23.2 Å². The molecule has 0 aliphatic heterocycles. The molecule has 4 aromatic carbocycles. The van der Waals surface area contributed by atoms with E-state index < -0.39 is 48.3 Å². The predicted octanol–water partition coefficient (Wildman–Crippen LogP) is 6.82. The second-order valence-electron chi connectivity index (χ2n) is 12.4. The number of primary sulfonamides is 2. The maximum absolute atomic E-state index is 13.3. The predicted molar refractivity (Wildman–Crippen MR) is 214 cm³/mol. The lowest BCUT2D eigenvalue weighted by Gasteiger charge is -2.13. The average molecular weight is 875 g/mol. The van der Waals surface area contributed by atoms with Gasteiger partial charge in [0.05, 0.1) is 22.6 Å². The van der Waals surface area contributed by atoms with E-state index in [4.69, 9.17) is 33.5 Å². The SMILES string of the molecule is Cn1cc(-c2ccc(NC(=O)Cc3ccccc3Cl)cc2S(N)(=O)=O)c(C(F)(F)F)n1.NS(=O)(=O)c1cc(NC(=O)Cc2ccccc2Cl)ccc1-c1cccnc1. The van der Waals surface area contributed by atoms with E-state index in [1.807, 2.05) is 0 Å². The Kier molecular flexibility index (Phi) is 13.4. The van der Waals surface area contributed by atoms with Gasteiger partial charge in [0.15, 0.2) is 5.69 Å². The minimum absolute atomic E-state index is 0.0438. The molecule has 2 amide bonds. The second-order valence-corrected chi connectivity index (χ2v) is 16.3. The van der Waals surface area contributed by atoms with E-state index in [-0.39, 0.29) is 34.9 Å². The summed E-state index contributed by atoms with van der Waals surface area (Å²) >= 11 is 12.1. The third-order valence-electron chi connectivity index (χ3n) is 8.12. The third kappa shape index (κ3) is 11.3. The number of sulfonamides is 2. The van der Waals surface area contributed by atoms with E-state index in [2.05, 4.69) is 20.7 Å². The van der Waals surface area contributed by atoms with Crippen LogP contribution in [0.15, 0.2) is 125 Å². The molecule has 302 valence electrons. The van der Waals surface area contributed by atoms with Crippen molar-refractivity contribution in [3.05, 3.63) is 143 Å². The van der Waals surface area contributed by atoms with Crippen molar-refractivity contribution in [3.8, 4) is 22.3 Å². The number of nitrogens with one attached hydrogen (secondary N) is 2. The van der Waals surface area contributed by atoms with Crippen molar-refractivity contribution in [1.82, 2.24) is 14.8 Å². The second kappa shape index (κ2) is 17.9. The molecule has 2 heterocycles. The number of pyridine rings is 1. The van der Waals surface area contributed by atoms with Crippen molar-refractivity contribution in [2.24, 2.45) is 17.3 Å². The maximum atomic E-state index is 13.3.